The number of amides is 1. The molecule has 2 heterocycles. The van der Waals surface area contributed by atoms with Crippen LogP contribution in [0.15, 0.2) is 0 Å². The molecule has 4 rings (SSSR count). The van der Waals surface area contributed by atoms with Gasteiger partial charge < -0.3 is 9.47 Å². The van der Waals surface area contributed by atoms with Crippen LogP contribution in [0.1, 0.15) is 97.8 Å². The molecule has 0 aromatic heterocycles. The average molecular weight is 456 g/mol. The molecule has 3 atom stereocenters. The Morgan fingerprint density at radius 2 is 1.71 bits per heavy atom. The van der Waals surface area contributed by atoms with E-state index in [9.17, 15) is 13.2 Å². The third-order valence-electron chi connectivity index (χ3n) is 9.08. The van der Waals surface area contributed by atoms with Crippen LogP contribution in [0.25, 0.3) is 0 Å². The highest BCUT2D eigenvalue weighted by Gasteiger charge is 2.72. The average Bonchev–Trinajstić information content (AvgIpc) is 3.37. The Kier molecular flexibility index (Phi) is 6.52. The van der Waals surface area contributed by atoms with Crippen molar-refractivity contribution in [3.8, 4) is 0 Å². The van der Waals surface area contributed by atoms with E-state index >= 15 is 0 Å². The molecule has 4 aliphatic rings. The molecule has 2 aliphatic heterocycles. The van der Waals surface area contributed by atoms with Crippen LogP contribution in [-0.2, 0) is 24.3 Å². The van der Waals surface area contributed by atoms with Gasteiger partial charge in [0.05, 0.1) is 25.0 Å². The van der Waals surface area contributed by atoms with Crippen molar-refractivity contribution in [3.63, 3.8) is 0 Å². The second kappa shape index (κ2) is 8.60. The molecule has 0 aromatic rings. The van der Waals surface area contributed by atoms with Gasteiger partial charge in [0.1, 0.15) is 0 Å². The second-order valence-corrected chi connectivity index (χ2v) is 12.8. The first-order valence-electron chi connectivity index (χ1n) is 12.5. The van der Waals surface area contributed by atoms with Crippen molar-refractivity contribution in [3.05, 3.63) is 0 Å². The van der Waals surface area contributed by atoms with Crippen LogP contribution < -0.4 is 0 Å². The van der Waals surface area contributed by atoms with Crippen molar-refractivity contribution in [2.45, 2.75) is 110 Å². The van der Waals surface area contributed by atoms with Gasteiger partial charge in [-0.1, -0.05) is 46.5 Å². The van der Waals surface area contributed by atoms with Crippen molar-refractivity contribution in [1.82, 2.24) is 4.31 Å². The molecule has 7 heteroatoms. The summed E-state index contributed by atoms with van der Waals surface area (Å²) in [6, 6.07) is -0.134. The molecule has 4 fully saturated rings. The summed E-state index contributed by atoms with van der Waals surface area (Å²) in [4.78, 5) is 13.2. The predicted molar refractivity (Wildman–Crippen MR) is 120 cm³/mol. The molecule has 0 unspecified atom stereocenters. The molecule has 1 amide bonds. The van der Waals surface area contributed by atoms with E-state index in [-0.39, 0.29) is 35.0 Å². The highest BCUT2D eigenvalue weighted by molar-refractivity contribution is 7.90. The van der Waals surface area contributed by atoms with Crippen LogP contribution in [0.4, 0.5) is 0 Å². The number of nitrogens with zero attached hydrogens (tertiary/aromatic N) is 1. The van der Waals surface area contributed by atoms with E-state index < -0.39 is 15.8 Å². The van der Waals surface area contributed by atoms with Gasteiger partial charge in [0.2, 0.25) is 15.9 Å². The zero-order valence-corrected chi connectivity index (χ0v) is 20.5. The molecule has 6 nitrogen and oxygen atoms in total. The number of carbonyl (C=O) groups excluding carboxylic acids is 1. The van der Waals surface area contributed by atoms with E-state index in [1.54, 1.807) is 0 Å². The molecule has 1 spiro atoms. The Balaban J connectivity index is 1.34. The van der Waals surface area contributed by atoms with Gasteiger partial charge in [0.15, 0.2) is 5.79 Å². The van der Waals surface area contributed by atoms with E-state index in [0.717, 1.165) is 32.1 Å². The molecule has 2 saturated heterocycles. The maximum atomic E-state index is 13.2. The Hall–Kier alpha value is -0.660. The molecule has 0 N–H and O–H groups in total. The molecule has 178 valence electrons. The first-order chi connectivity index (χ1) is 14.7. The van der Waals surface area contributed by atoms with Gasteiger partial charge >= 0.3 is 0 Å². The topological polar surface area (TPSA) is 72.9 Å². The zero-order valence-electron chi connectivity index (χ0n) is 19.7. The molecular formula is C24H41NO5S. The van der Waals surface area contributed by atoms with Crippen molar-refractivity contribution < 1.29 is 22.7 Å². The minimum atomic E-state index is -3.53. The van der Waals surface area contributed by atoms with Gasteiger partial charge in [0, 0.05) is 24.7 Å². The van der Waals surface area contributed by atoms with Gasteiger partial charge in [-0.3, -0.25) is 4.79 Å². The Labute approximate surface area is 188 Å². The fourth-order valence-electron chi connectivity index (χ4n) is 7.15. The summed E-state index contributed by atoms with van der Waals surface area (Å²) in [6.07, 6.45) is 11.2. The number of rotatable bonds is 10. The quantitative estimate of drug-likeness (QED) is 0.449. The number of hydrogen-bond acceptors (Lipinski definition) is 5. The van der Waals surface area contributed by atoms with E-state index in [4.69, 9.17) is 9.47 Å². The van der Waals surface area contributed by atoms with Crippen LogP contribution in [0.5, 0.6) is 0 Å². The van der Waals surface area contributed by atoms with Crippen LogP contribution in [0.2, 0.25) is 0 Å². The summed E-state index contributed by atoms with van der Waals surface area (Å²) in [5, 5.41) is 0. The largest absolute Gasteiger partial charge is 0.348 e. The Bertz CT molecular complexity index is 773. The monoisotopic (exact) mass is 455 g/mol. The van der Waals surface area contributed by atoms with Crippen molar-refractivity contribution in [1.29, 1.82) is 0 Å². The molecule has 0 aromatic carbocycles. The van der Waals surface area contributed by atoms with Crippen molar-refractivity contribution in [2.75, 3.05) is 19.0 Å². The SMILES string of the molecule is CCCCCCCC1(CCCC(=O)N2[C@@H]3C[C@H]4CC[C@]3(CS2(=O)=O)C4(C)C)OCCO1. The summed E-state index contributed by atoms with van der Waals surface area (Å²) in [5.74, 6) is -0.124. The smallest absolute Gasteiger partial charge is 0.238 e. The maximum absolute atomic E-state index is 13.2. The lowest BCUT2D eigenvalue weighted by atomic mass is 9.69. The minimum Gasteiger partial charge on any atom is -0.348 e. The normalized spacial score (nSPS) is 34.4. The highest BCUT2D eigenvalue weighted by Crippen LogP contribution is 2.70. The Morgan fingerprint density at radius 1 is 1.03 bits per heavy atom. The molecule has 2 saturated carbocycles. The Morgan fingerprint density at radius 3 is 2.39 bits per heavy atom. The lowest BCUT2D eigenvalue weighted by molar-refractivity contribution is -0.169. The summed E-state index contributed by atoms with van der Waals surface area (Å²) < 4.78 is 39.3. The molecule has 31 heavy (non-hydrogen) atoms. The summed E-state index contributed by atoms with van der Waals surface area (Å²) in [5.41, 5.74) is -0.253. The zero-order chi connectivity index (χ0) is 22.3. The van der Waals surface area contributed by atoms with Crippen LogP contribution in [0.3, 0.4) is 0 Å². The third kappa shape index (κ3) is 3.97. The fraction of sp³-hybridized carbons (Fsp3) is 0.958. The number of carbonyl (C=O) groups is 1. The number of fused-ring (bicyclic) bond motifs is 1. The van der Waals surface area contributed by atoms with Crippen molar-refractivity contribution in [2.24, 2.45) is 16.7 Å². The van der Waals surface area contributed by atoms with Crippen LogP contribution in [-0.4, -0.2) is 49.4 Å². The van der Waals surface area contributed by atoms with E-state index in [0.29, 0.717) is 32.0 Å². The van der Waals surface area contributed by atoms with Gasteiger partial charge in [-0.25, -0.2) is 12.7 Å². The van der Waals surface area contributed by atoms with Gasteiger partial charge in [0.25, 0.3) is 0 Å². The summed E-state index contributed by atoms with van der Waals surface area (Å²) >= 11 is 0. The van der Waals surface area contributed by atoms with E-state index in [1.165, 1.54) is 30.0 Å². The second-order valence-electron chi connectivity index (χ2n) is 10.9. The first-order valence-corrected chi connectivity index (χ1v) is 14.1. The molecule has 0 radical (unpaired) electrons. The molecule has 2 bridgehead atoms. The maximum Gasteiger partial charge on any atom is 0.238 e. The van der Waals surface area contributed by atoms with Crippen molar-refractivity contribution >= 4 is 15.9 Å². The highest BCUT2D eigenvalue weighted by atomic mass is 32.2. The number of hydrogen-bond donors (Lipinski definition) is 0. The minimum absolute atomic E-state index is 0.00682. The van der Waals surface area contributed by atoms with Crippen LogP contribution >= 0.6 is 0 Å². The predicted octanol–water partition coefficient (Wildman–Crippen LogP) is 4.63. The van der Waals surface area contributed by atoms with E-state index in [1.807, 2.05) is 0 Å². The van der Waals surface area contributed by atoms with Gasteiger partial charge in [-0.15, -0.1) is 0 Å². The van der Waals surface area contributed by atoms with E-state index in [2.05, 4.69) is 20.8 Å². The fourth-order valence-corrected chi connectivity index (χ4v) is 9.72. The lowest BCUT2D eigenvalue weighted by Gasteiger charge is -2.37. The lowest BCUT2D eigenvalue weighted by Crippen LogP contribution is -2.44. The van der Waals surface area contributed by atoms with Crippen LogP contribution in [0, 0.1) is 16.7 Å². The first kappa shape index (κ1) is 23.5. The standard InChI is InChI=1S/C24H41NO5S/c1-4-5-6-7-8-12-24(29-15-16-30-24)13-9-10-21(26)25-20-17-19-11-14-23(20,22(19,2)3)18-31(25,27)28/h19-20H,4-18H2,1-3H3/t19-,20-,23-/m1/s1. The number of sulfonamides is 1. The third-order valence-corrected chi connectivity index (χ3v) is 11.0. The number of ether oxygens (including phenoxy) is 2. The summed E-state index contributed by atoms with van der Waals surface area (Å²) in [7, 11) is -3.53. The summed E-state index contributed by atoms with van der Waals surface area (Å²) in [6.45, 7) is 7.84. The van der Waals surface area contributed by atoms with Gasteiger partial charge in [-0.2, -0.15) is 0 Å². The number of unbranched alkanes of at least 4 members (excludes halogenated alkanes) is 4. The van der Waals surface area contributed by atoms with Gasteiger partial charge in [-0.05, 0) is 43.4 Å². The molecule has 2 aliphatic carbocycles. The molecular weight excluding hydrogens is 414 g/mol.